The van der Waals surface area contributed by atoms with Gasteiger partial charge in [-0.1, -0.05) is 30.3 Å². The lowest BCUT2D eigenvalue weighted by molar-refractivity contribution is -0.133. The first kappa shape index (κ1) is 21.5. The number of rotatable bonds is 5. The highest BCUT2D eigenvalue weighted by Crippen LogP contribution is 2.41. The fourth-order valence-corrected chi connectivity index (χ4v) is 4.47. The average molecular weight is 417 g/mol. The molecule has 1 fully saturated rings. The molecule has 0 aromatic heterocycles. The van der Waals surface area contributed by atoms with Crippen LogP contribution in [-0.4, -0.2) is 44.2 Å². The lowest BCUT2D eigenvalue weighted by Gasteiger charge is -2.38. The Bertz CT molecular complexity index is 838. The molecular formula is C23H29ClN2O3. The van der Waals surface area contributed by atoms with E-state index in [1.54, 1.807) is 14.2 Å². The van der Waals surface area contributed by atoms with Gasteiger partial charge in [-0.25, -0.2) is 0 Å². The van der Waals surface area contributed by atoms with Crippen LogP contribution >= 0.6 is 12.4 Å². The van der Waals surface area contributed by atoms with Crippen LogP contribution in [0, 0.1) is 0 Å². The Morgan fingerprint density at radius 3 is 2.52 bits per heavy atom. The highest BCUT2D eigenvalue weighted by Gasteiger charge is 2.34. The summed E-state index contributed by atoms with van der Waals surface area (Å²) in [6.07, 6.45) is 3.62. The van der Waals surface area contributed by atoms with Crippen molar-refractivity contribution in [3.05, 3.63) is 59.2 Å². The molecule has 4 rings (SSSR count). The predicted octanol–water partition coefficient (Wildman–Crippen LogP) is 3.74. The van der Waals surface area contributed by atoms with E-state index in [0.29, 0.717) is 24.8 Å². The summed E-state index contributed by atoms with van der Waals surface area (Å²) < 4.78 is 11.0. The monoisotopic (exact) mass is 416 g/mol. The summed E-state index contributed by atoms with van der Waals surface area (Å²) in [4.78, 5) is 15.3. The molecule has 0 radical (unpaired) electrons. The Balaban J connectivity index is 0.00000240. The van der Waals surface area contributed by atoms with E-state index in [4.69, 9.17) is 9.47 Å². The van der Waals surface area contributed by atoms with Crippen LogP contribution in [0.2, 0.25) is 0 Å². The molecule has 2 aromatic carbocycles. The first-order valence-electron chi connectivity index (χ1n) is 10.0. The van der Waals surface area contributed by atoms with Gasteiger partial charge in [-0.2, -0.15) is 0 Å². The highest BCUT2D eigenvalue weighted by molar-refractivity contribution is 5.85. The summed E-state index contributed by atoms with van der Waals surface area (Å²) in [5.41, 5.74) is 3.47. The van der Waals surface area contributed by atoms with Crippen LogP contribution in [0.4, 0.5) is 0 Å². The zero-order valence-corrected chi connectivity index (χ0v) is 17.8. The van der Waals surface area contributed by atoms with E-state index in [2.05, 4.69) is 23.5 Å². The second kappa shape index (κ2) is 9.51. The van der Waals surface area contributed by atoms with Gasteiger partial charge in [-0.05, 0) is 54.6 Å². The largest absolute Gasteiger partial charge is 0.493 e. The molecule has 1 N–H and O–H groups in total. The van der Waals surface area contributed by atoms with Crippen molar-refractivity contribution in [3.8, 4) is 11.5 Å². The molecule has 0 bridgehead atoms. The lowest BCUT2D eigenvalue weighted by atomic mass is 9.87. The number of carbonyl (C=O) groups is 1. The van der Waals surface area contributed by atoms with E-state index in [0.717, 1.165) is 42.7 Å². The number of nitrogens with one attached hydrogen (secondary N) is 1. The molecule has 2 aliphatic rings. The maximum atomic E-state index is 13.3. The summed E-state index contributed by atoms with van der Waals surface area (Å²) in [5, 5.41) is 3.45. The first-order valence-corrected chi connectivity index (χ1v) is 10.0. The molecule has 1 saturated heterocycles. The molecule has 2 aromatic rings. The highest BCUT2D eigenvalue weighted by atomic mass is 35.5. The predicted molar refractivity (Wildman–Crippen MR) is 116 cm³/mol. The van der Waals surface area contributed by atoms with Gasteiger partial charge < -0.3 is 19.7 Å². The Hall–Kier alpha value is -2.24. The van der Waals surface area contributed by atoms with Gasteiger partial charge in [0.1, 0.15) is 0 Å². The Kier molecular flexibility index (Phi) is 7.04. The number of nitrogens with zero attached hydrogens (tertiary/aromatic N) is 1. The minimum Gasteiger partial charge on any atom is -0.493 e. The van der Waals surface area contributed by atoms with E-state index in [1.807, 2.05) is 29.2 Å². The average Bonchev–Trinajstić information content (AvgIpc) is 3.25. The van der Waals surface area contributed by atoms with Gasteiger partial charge >= 0.3 is 0 Å². The SMILES string of the molecule is COc1cc2c(cc1OC)C(c1ccccc1)N(C(=O)CC1CCCN1)CC2.Cl. The molecule has 0 saturated carbocycles. The van der Waals surface area contributed by atoms with Crippen molar-refractivity contribution in [2.45, 2.75) is 37.8 Å². The van der Waals surface area contributed by atoms with Gasteiger partial charge in [0.25, 0.3) is 0 Å². The Labute approximate surface area is 178 Å². The molecule has 2 atom stereocenters. The molecule has 29 heavy (non-hydrogen) atoms. The van der Waals surface area contributed by atoms with Crippen molar-refractivity contribution in [2.24, 2.45) is 0 Å². The third kappa shape index (κ3) is 4.36. The number of methoxy groups -OCH3 is 2. The maximum absolute atomic E-state index is 13.3. The number of carbonyl (C=O) groups excluding carboxylic acids is 1. The van der Waals surface area contributed by atoms with Crippen molar-refractivity contribution in [1.82, 2.24) is 10.2 Å². The zero-order valence-electron chi connectivity index (χ0n) is 17.0. The molecule has 5 nitrogen and oxygen atoms in total. The number of halogens is 1. The number of benzene rings is 2. The van der Waals surface area contributed by atoms with Crippen molar-refractivity contribution in [2.75, 3.05) is 27.3 Å². The van der Waals surface area contributed by atoms with E-state index in [9.17, 15) is 4.79 Å². The Morgan fingerprint density at radius 2 is 1.86 bits per heavy atom. The van der Waals surface area contributed by atoms with Crippen molar-refractivity contribution in [1.29, 1.82) is 0 Å². The van der Waals surface area contributed by atoms with Crippen LogP contribution in [-0.2, 0) is 11.2 Å². The van der Waals surface area contributed by atoms with Crippen LogP contribution < -0.4 is 14.8 Å². The number of hydrogen-bond acceptors (Lipinski definition) is 4. The van der Waals surface area contributed by atoms with Crippen LogP contribution in [0.15, 0.2) is 42.5 Å². The van der Waals surface area contributed by atoms with Gasteiger partial charge in [0.05, 0.1) is 20.3 Å². The second-order valence-electron chi connectivity index (χ2n) is 7.55. The minimum absolute atomic E-state index is 0. The quantitative estimate of drug-likeness (QED) is 0.806. The molecule has 2 heterocycles. The van der Waals surface area contributed by atoms with Crippen molar-refractivity contribution in [3.63, 3.8) is 0 Å². The first-order chi connectivity index (χ1) is 13.7. The number of ether oxygens (including phenoxy) is 2. The normalized spacial score (nSPS) is 20.6. The van der Waals surface area contributed by atoms with Gasteiger partial charge in [0.2, 0.25) is 5.91 Å². The number of amides is 1. The summed E-state index contributed by atoms with van der Waals surface area (Å²) in [5.74, 6) is 1.66. The molecule has 0 spiro atoms. The van der Waals surface area contributed by atoms with E-state index >= 15 is 0 Å². The molecule has 6 heteroatoms. The van der Waals surface area contributed by atoms with E-state index in [1.165, 1.54) is 5.56 Å². The lowest BCUT2D eigenvalue weighted by Crippen LogP contribution is -2.42. The summed E-state index contributed by atoms with van der Waals surface area (Å²) in [7, 11) is 3.31. The summed E-state index contributed by atoms with van der Waals surface area (Å²) in [6, 6.07) is 14.6. The summed E-state index contributed by atoms with van der Waals surface area (Å²) in [6.45, 7) is 1.73. The molecule has 1 amide bonds. The van der Waals surface area contributed by atoms with Crippen LogP contribution in [0.1, 0.15) is 42.0 Å². The van der Waals surface area contributed by atoms with Crippen LogP contribution in [0.5, 0.6) is 11.5 Å². The number of fused-ring (bicyclic) bond motifs is 1. The molecule has 2 aliphatic heterocycles. The van der Waals surface area contributed by atoms with Gasteiger partial charge in [-0.15, -0.1) is 12.4 Å². The van der Waals surface area contributed by atoms with Gasteiger partial charge in [0.15, 0.2) is 11.5 Å². The molecule has 2 unspecified atom stereocenters. The van der Waals surface area contributed by atoms with Crippen LogP contribution in [0.3, 0.4) is 0 Å². The fraction of sp³-hybridized carbons (Fsp3) is 0.435. The van der Waals surface area contributed by atoms with Crippen LogP contribution in [0.25, 0.3) is 0 Å². The third-order valence-electron chi connectivity index (χ3n) is 5.89. The zero-order chi connectivity index (χ0) is 19.5. The van der Waals surface area contributed by atoms with E-state index in [-0.39, 0.29) is 24.4 Å². The topological polar surface area (TPSA) is 50.8 Å². The van der Waals surface area contributed by atoms with Gasteiger partial charge in [0, 0.05) is 19.0 Å². The minimum atomic E-state index is -0.0985. The number of hydrogen-bond donors (Lipinski definition) is 1. The third-order valence-corrected chi connectivity index (χ3v) is 5.89. The van der Waals surface area contributed by atoms with E-state index < -0.39 is 0 Å². The fourth-order valence-electron chi connectivity index (χ4n) is 4.47. The standard InChI is InChI=1S/C23H28N2O3.ClH/c1-27-20-13-17-10-12-25(22(26)14-18-9-6-11-24-18)23(16-7-4-3-5-8-16)19(17)15-21(20)28-2;/h3-5,7-8,13,15,18,23-24H,6,9-12,14H2,1-2H3;1H. The van der Waals surface area contributed by atoms with Crippen molar-refractivity contribution < 1.29 is 14.3 Å². The van der Waals surface area contributed by atoms with Gasteiger partial charge in [-0.3, -0.25) is 4.79 Å². The Morgan fingerprint density at radius 1 is 1.14 bits per heavy atom. The second-order valence-corrected chi connectivity index (χ2v) is 7.55. The molecule has 156 valence electrons. The maximum Gasteiger partial charge on any atom is 0.224 e. The molecular weight excluding hydrogens is 388 g/mol. The molecule has 0 aliphatic carbocycles. The smallest absolute Gasteiger partial charge is 0.224 e. The summed E-state index contributed by atoms with van der Waals surface area (Å²) >= 11 is 0. The van der Waals surface area contributed by atoms with Crippen molar-refractivity contribution >= 4 is 18.3 Å².